The molecule has 6 heteroatoms. The van der Waals surface area contributed by atoms with Gasteiger partial charge in [0.25, 0.3) is 5.91 Å². The smallest absolute Gasteiger partial charge is 0.255 e. The van der Waals surface area contributed by atoms with Gasteiger partial charge in [0.1, 0.15) is 12.4 Å². The van der Waals surface area contributed by atoms with E-state index in [-0.39, 0.29) is 10.8 Å². The number of amides is 1. The van der Waals surface area contributed by atoms with E-state index in [1.54, 1.807) is 36.4 Å². The molecule has 0 radical (unpaired) electrons. The summed E-state index contributed by atoms with van der Waals surface area (Å²) in [5.74, 6) is 0.297. The third kappa shape index (κ3) is 5.18. The minimum Gasteiger partial charge on any atom is -0.489 e. The van der Waals surface area contributed by atoms with Crippen LogP contribution >= 0.6 is 0 Å². The van der Waals surface area contributed by atoms with Crippen molar-refractivity contribution in [2.24, 2.45) is 0 Å². The fourth-order valence-corrected chi connectivity index (χ4v) is 3.09. The summed E-state index contributed by atoms with van der Waals surface area (Å²) < 4.78 is 28.7. The number of hydrogen-bond donors (Lipinski definition) is 1. The minimum absolute atomic E-state index is 0.205. The van der Waals surface area contributed by atoms with Crippen molar-refractivity contribution in [2.45, 2.75) is 11.5 Å². The number of hydrogen-bond acceptors (Lipinski definition) is 4. The van der Waals surface area contributed by atoms with Crippen molar-refractivity contribution in [3.05, 3.63) is 90.0 Å². The standard InChI is InChI=1S/C21H19NO4S/c1-27(24,25)20-12-10-18(11-13-20)22-21(23)17-8-5-9-19(14-17)26-15-16-6-3-2-4-7-16/h2-14H,15H2,1H3,(H,22,23). The third-order valence-corrected chi connectivity index (χ3v) is 5.01. The van der Waals surface area contributed by atoms with Gasteiger partial charge in [-0.05, 0) is 48.0 Å². The van der Waals surface area contributed by atoms with Gasteiger partial charge in [-0.25, -0.2) is 8.42 Å². The largest absolute Gasteiger partial charge is 0.489 e. The summed E-state index contributed by atoms with van der Waals surface area (Å²) in [6.07, 6.45) is 1.14. The van der Waals surface area contributed by atoms with Gasteiger partial charge in [-0.1, -0.05) is 36.4 Å². The molecule has 0 bridgehead atoms. The first kappa shape index (κ1) is 18.7. The Kier molecular flexibility index (Phi) is 5.57. The molecule has 0 saturated carbocycles. The zero-order valence-electron chi connectivity index (χ0n) is 14.8. The second-order valence-electron chi connectivity index (χ2n) is 6.05. The molecular formula is C21H19NO4S. The number of benzene rings is 3. The van der Waals surface area contributed by atoms with E-state index >= 15 is 0 Å². The lowest BCUT2D eigenvalue weighted by Gasteiger charge is -2.09. The molecule has 0 saturated heterocycles. The van der Waals surface area contributed by atoms with E-state index in [0.29, 0.717) is 23.6 Å². The normalized spacial score (nSPS) is 11.0. The molecule has 0 aliphatic rings. The maximum absolute atomic E-state index is 12.4. The van der Waals surface area contributed by atoms with Crippen molar-refractivity contribution < 1.29 is 17.9 Å². The molecule has 1 amide bonds. The quantitative estimate of drug-likeness (QED) is 0.702. The number of anilines is 1. The Bertz CT molecular complexity index is 1030. The van der Waals surface area contributed by atoms with E-state index < -0.39 is 9.84 Å². The van der Waals surface area contributed by atoms with E-state index in [1.165, 1.54) is 12.1 Å². The highest BCUT2D eigenvalue weighted by Crippen LogP contribution is 2.18. The minimum atomic E-state index is -3.26. The number of carbonyl (C=O) groups is 1. The predicted octanol–water partition coefficient (Wildman–Crippen LogP) is 3.92. The number of carbonyl (C=O) groups excluding carboxylic acids is 1. The molecule has 0 spiro atoms. The Morgan fingerprint density at radius 3 is 2.30 bits per heavy atom. The molecule has 0 unspecified atom stereocenters. The van der Waals surface area contributed by atoms with E-state index in [2.05, 4.69) is 5.32 Å². The summed E-state index contributed by atoms with van der Waals surface area (Å²) in [7, 11) is -3.26. The summed E-state index contributed by atoms with van der Waals surface area (Å²) in [6, 6.07) is 22.7. The van der Waals surface area contributed by atoms with Crippen molar-refractivity contribution in [1.29, 1.82) is 0 Å². The van der Waals surface area contributed by atoms with Crippen molar-refractivity contribution in [3.8, 4) is 5.75 Å². The van der Waals surface area contributed by atoms with Crippen LogP contribution in [0.5, 0.6) is 5.75 Å². The van der Waals surface area contributed by atoms with Gasteiger partial charge in [0.05, 0.1) is 4.90 Å². The summed E-state index contributed by atoms with van der Waals surface area (Å²) in [5, 5.41) is 2.75. The topological polar surface area (TPSA) is 72.5 Å². The number of rotatable bonds is 6. The molecule has 0 fully saturated rings. The molecule has 27 heavy (non-hydrogen) atoms. The third-order valence-electron chi connectivity index (χ3n) is 3.88. The van der Waals surface area contributed by atoms with Crippen LogP contribution in [0.4, 0.5) is 5.69 Å². The average molecular weight is 381 g/mol. The zero-order chi connectivity index (χ0) is 19.3. The van der Waals surface area contributed by atoms with Crippen LogP contribution in [0.1, 0.15) is 15.9 Å². The lowest BCUT2D eigenvalue weighted by atomic mass is 10.2. The molecule has 0 aliphatic heterocycles. The molecule has 3 rings (SSSR count). The van der Waals surface area contributed by atoms with Gasteiger partial charge >= 0.3 is 0 Å². The van der Waals surface area contributed by atoms with Gasteiger partial charge < -0.3 is 10.1 Å². The van der Waals surface area contributed by atoms with E-state index in [4.69, 9.17) is 4.74 Å². The Morgan fingerprint density at radius 2 is 1.63 bits per heavy atom. The summed E-state index contributed by atoms with van der Waals surface area (Å²) in [5.41, 5.74) is 2.01. The van der Waals surface area contributed by atoms with Gasteiger partial charge in [0.2, 0.25) is 0 Å². The van der Waals surface area contributed by atoms with Gasteiger partial charge in [-0.15, -0.1) is 0 Å². The number of sulfone groups is 1. The molecule has 0 atom stereocenters. The van der Waals surface area contributed by atoms with E-state index in [1.807, 2.05) is 30.3 Å². The highest BCUT2D eigenvalue weighted by Gasteiger charge is 2.10. The molecular weight excluding hydrogens is 362 g/mol. The lowest BCUT2D eigenvalue weighted by Crippen LogP contribution is -2.12. The maximum atomic E-state index is 12.4. The predicted molar refractivity (Wildman–Crippen MR) is 105 cm³/mol. The van der Waals surface area contributed by atoms with Crippen LogP contribution in [-0.2, 0) is 16.4 Å². The van der Waals surface area contributed by atoms with Crippen LogP contribution in [0.3, 0.4) is 0 Å². The summed E-state index contributed by atoms with van der Waals surface area (Å²) in [4.78, 5) is 12.6. The van der Waals surface area contributed by atoms with Crippen molar-refractivity contribution in [3.63, 3.8) is 0 Å². The molecule has 1 N–H and O–H groups in total. The highest BCUT2D eigenvalue weighted by atomic mass is 32.2. The summed E-state index contributed by atoms with van der Waals surface area (Å²) in [6.45, 7) is 0.416. The van der Waals surface area contributed by atoms with Gasteiger partial charge in [0.15, 0.2) is 9.84 Å². The van der Waals surface area contributed by atoms with Crippen LogP contribution in [0.25, 0.3) is 0 Å². The first-order chi connectivity index (χ1) is 12.9. The zero-order valence-corrected chi connectivity index (χ0v) is 15.6. The van der Waals surface area contributed by atoms with Crippen molar-refractivity contribution in [2.75, 3.05) is 11.6 Å². The first-order valence-corrected chi connectivity index (χ1v) is 10.2. The lowest BCUT2D eigenvalue weighted by molar-refractivity contribution is 0.102. The molecule has 3 aromatic rings. The van der Waals surface area contributed by atoms with E-state index in [9.17, 15) is 13.2 Å². The number of ether oxygens (including phenoxy) is 1. The molecule has 0 aliphatic carbocycles. The van der Waals surface area contributed by atoms with Gasteiger partial charge in [-0.2, -0.15) is 0 Å². The van der Waals surface area contributed by atoms with Crippen LogP contribution in [-0.4, -0.2) is 20.6 Å². The van der Waals surface area contributed by atoms with Crippen LogP contribution < -0.4 is 10.1 Å². The first-order valence-electron chi connectivity index (χ1n) is 8.30. The molecule has 5 nitrogen and oxygen atoms in total. The number of nitrogens with one attached hydrogen (secondary N) is 1. The second-order valence-corrected chi connectivity index (χ2v) is 8.07. The molecule has 0 heterocycles. The van der Waals surface area contributed by atoms with Gasteiger partial charge in [-0.3, -0.25) is 4.79 Å². The Labute approximate surface area is 158 Å². The maximum Gasteiger partial charge on any atom is 0.255 e. The summed E-state index contributed by atoms with van der Waals surface area (Å²) >= 11 is 0. The van der Waals surface area contributed by atoms with Gasteiger partial charge in [0, 0.05) is 17.5 Å². The van der Waals surface area contributed by atoms with Crippen LogP contribution in [0, 0.1) is 0 Å². The molecule has 0 aromatic heterocycles. The SMILES string of the molecule is CS(=O)(=O)c1ccc(NC(=O)c2cccc(OCc3ccccc3)c2)cc1. The fourth-order valence-electron chi connectivity index (χ4n) is 2.46. The Balaban J connectivity index is 1.66. The monoisotopic (exact) mass is 381 g/mol. The fraction of sp³-hybridized carbons (Fsp3) is 0.0952. The second kappa shape index (κ2) is 8.05. The Hall–Kier alpha value is -3.12. The molecule has 138 valence electrons. The van der Waals surface area contributed by atoms with Crippen molar-refractivity contribution in [1.82, 2.24) is 0 Å². The Morgan fingerprint density at radius 1 is 0.926 bits per heavy atom. The molecule has 3 aromatic carbocycles. The highest BCUT2D eigenvalue weighted by molar-refractivity contribution is 7.90. The van der Waals surface area contributed by atoms with E-state index in [0.717, 1.165) is 11.8 Å². The van der Waals surface area contributed by atoms with Crippen LogP contribution in [0.15, 0.2) is 83.8 Å². The average Bonchev–Trinajstić information content (AvgIpc) is 2.67. The van der Waals surface area contributed by atoms with Crippen molar-refractivity contribution >= 4 is 21.4 Å². The van der Waals surface area contributed by atoms with Crippen LogP contribution in [0.2, 0.25) is 0 Å².